The molecule has 1 aliphatic rings. The number of thiophene rings is 1. The van der Waals surface area contributed by atoms with Gasteiger partial charge in [0.2, 0.25) is 0 Å². The van der Waals surface area contributed by atoms with E-state index in [1.807, 2.05) is 6.07 Å². The molecule has 3 aromatic rings. The van der Waals surface area contributed by atoms with Gasteiger partial charge in [-0.3, -0.25) is 9.80 Å². The van der Waals surface area contributed by atoms with Gasteiger partial charge in [-0.1, -0.05) is 12.1 Å². The van der Waals surface area contributed by atoms with Gasteiger partial charge in [0.05, 0.1) is 16.8 Å². The standard InChI is InChI=1S/C19H23N3OS2/c23-9-5-16-12-21(7-8-22(16)11-15-6-10-24-14-15)13-19-20-17-3-1-2-4-18(17)25-19/h1-4,6,10,14,16,23H,5,7-9,11-13H2/t16-/m1/s1. The average Bonchev–Trinajstić information content (AvgIpc) is 3.26. The summed E-state index contributed by atoms with van der Waals surface area (Å²) in [6.45, 7) is 5.25. The normalized spacial score (nSPS) is 19.6. The third-order valence-electron chi connectivity index (χ3n) is 4.81. The molecule has 132 valence electrons. The highest BCUT2D eigenvalue weighted by atomic mass is 32.1. The minimum absolute atomic E-state index is 0.250. The largest absolute Gasteiger partial charge is 0.396 e. The predicted octanol–water partition coefficient (Wildman–Crippen LogP) is 3.43. The number of benzene rings is 1. The molecule has 3 heterocycles. The molecule has 0 amide bonds. The van der Waals surface area contributed by atoms with Crippen molar-refractivity contribution in [2.45, 2.75) is 25.6 Å². The van der Waals surface area contributed by atoms with E-state index in [1.165, 1.54) is 15.3 Å². The molecule has 25 heavy (non-hydrogen) atoms. The first kappa shape index (κ1) is 17.1. The van der Waals surface area contributed by atoms with Crippen molar-refractivity contribution in [1.29, 1.82) is 0 Å². The number of aliphatic hydroxyl groups excluding tert-OH is 1. The fourth-order valence-electron chi connectivity index (χ4n) is 3.53. The summed E-state index contributed by atoms with van der Waals surface area (Å²) in [6.07, 6.45) is 0.834. The van der Waals surface area contributed by atoms with Crippen molar-refractivity contribution in [2.75, 3.05) is 26.2 Å². The molecule has 4 nitrogen and oxygen atoms in total. The number of thiazole rings is 1. The summed E-state index contributed by atoms with van der Waals surface area (Å²) in [5, 5.41) is 15.0. The van der Waals surface area contributed by atoms with Crippen LogP contribution in [0.25, 0.3) is 10.2 Å². The van der Waals surface area contributed by atoms with Crippen molar-refractivity contribution in [3.63, 3.8) is 0 Å². The zero-order valence-electron chi connectivity index (χ0n) is 14.2. The van der Waals surface area contributed by atoms with Gasteiger partial charge in [-0.2, -0.15) is 11.3 Å². The lowest BCUT2D eigenvalue weighted by Crippen LogP contribution is -2.52. The first-order valence-corrected chi connectivity index (χ1v) is 10.5. The van der Waals surface area contributed by atoms with Crippen LogP contribution in [0.3, 0.4) is 0 Å². The maximum absolute atomic E-state index is 9.48. The second-order valence-electron chi connectivity index (χ2n) is 6.58. The third kappa shape index (κ3) is 4.10. The Kier molecular flexibility index (Phi) is 5.43. The fourth-order valence-corrected chi connectivity index (χ4v) is 5.20. The van der Waals surface area contributed by atoms with Gasteiger partial charge >= 0.3 is 0 Å². The molecule has 0 spiro atoms. The number of nitrogens with zero attached hydrogens (tertiary/aromatic N) is 3. The molecule has 1 N–H and O–H groups in total. The van der Waals surface area contributed by atoms with Gasteiger partial charge in [0.1, 0.15) is 5.01 Å². The number of piperazine rings is 1. The molecule has 1 aromatic carbocycles. The van der Waals surface area contributed by atoms with Crippen LogP contribution in [0.5, 0.6) is 0 Å². The minimum atomic E-state index is 0.250. The number of aliphatic hydroxyl groups is 1. The van der Waals surface area contributed by atoms with E-state index in [9.17, 15) is 5.11 Å². The Balaban J connectivity index is 1.42. The van der Waals surface area contributed by atoms with Crippen molar-refractivity contribution in [3.05, 3.63) is 51.7 Å². The molecule has 2 aromatic heterocycles. The smallest absolute Gasteiger partial charge is 0.108 e. The Labute approximate surface area is 156 Å². The van der Waals surface area contributed by atoms with E-state index in [-0.39, 0.29) is 6.61 Å². The average molecular weight is 374 g/mol. The Hall–Kier alpha value is -1.31. The zero-order chi connectivity index (χ0) is 17.1. The van der Waals surface area contributed by atoms with Gasteiger partial charge in [0.25, 0.3) is 0 Å². The van der Waals surface area contributed by atoms with E-state index >= 15 is 0 Å². The molecule has 0 bridgehead atoms. The summed E-state index contributed by atoms with van der Waals surface area (Å²) >= 11 is 3.55. The third-order valence-corrected chi connectivity index (χ3v) is 6.57. The Morgan fingerprint density at radius 2 is 2.08 bits per heavy atom. The highest BCUT2D eigenvalue weighted by molar-refractivity contribution is 7.18. The maximum atomic E-state index is 9.48. The first-order valence-electron chi connectivity index (χ1n) is 8.74. The van der Waals surface area contributed by atoms with E-state index < -0.39 is 0 Å². The number of hydrogen-bond acceptors (Lipinski definition) is 6. The number of fused-ring (bicyclic) bond motifs is 1. The summed E-state index contributed by atoms with van der Waals surface area (Å²) in [5.74, 6) is 0. The number of aromatic nitrogens is 1. The second kappa shape index (κ2) is 7.93. The van der Waals surface area contributed by atoms with Crippen molar-refractivity contribution < 1.29 is 5.11 Å². The van der Waals surface area contributed by atoms with Crippen LogP contribution in [0.2, 0.25) is 0 Å². The summed E-state index contributed by atoms with van der Waals surface area (Å²) < 4.78 is 1.26. The lowest BCUT2D eigenvalue weighted by Gasteiger charge is -2.41. The van der Waals surface area contributed by atoms with Crippen molar-refractivity contribution in [2.24, 2.45) is 0 Å². The van der Waals surface area contributed by atoms with Crippen LogP contribution in [0, 0.1) is 0 Å². The van der Waals surface area contributed by atoms with Crippen LogP contribution < -0.4 is 0 Å². The molecule has 1 saturated heterocycles. The van der Waals surface area contributed by atoms with Gasteiger partial charge in [-0.15, -0.1) is 11.3 Å². The SMILES string of the molecule is OCC[C@@H]1CN(Cc2nc3ccccc3s2)CCN1Cc1ccsc1. The molecule has 0 unspecified atom stereocenters. The topological polar surface area (TPSA) is 39.6 Å². The van der Waals surface area contributed by atoms with Gasteiger partial charge < -0.3 is 5.11 Å². The molecule has 0 radical (unpaired) electrons. The first-order chi connectivity index (χ1) is 12.3. The van der Waals surface area contributed by atoms with E-state index in [4.69, 9.17) is 4.98 Å². The minimum Gasteiger partial charge on any atom is -0.396 e. The van der Waals surface area contributed by atoms with Gasteiger partial charge in [-0.05, 0) is 40.9 Å². The Morgan fingerprint density at radius 3 is 2.88 bits per heavy atom. The van der Waals surface area contributed by atoms with E-state index in [0.29, 0.717) is 6.04 Å². The van der Waals surface area contributed by atoms with Crippen LogP contribution in [-0.4, -0.2) is 52.2 Å². The second-order valence-corrected chi connectivity index (χ2v) is 8.47. The molecule has 1 aliphatic heterocycles. The van der Waals surface area contributed by atoms with Gasteiger partial charge in [0.15, 0.2) is 0 Å². The van der Waals surface area contributed by atoms with E-state index in [2.05, 4.69) is 44.8 Å². The van der Waals surface area contributed by atoms with Crippen molar-refractivity contribution in [3.8, 4) is 0 Å². The van der Waals surface area contributed by atoms with Crippen molar-refractivity contribution in [1.82, 2.24) is 14.8 Å². The fraction of sp³-hybridized carbons (Fsp3) is 0.421. The van der Waals surface area contributed by atoms with Crippen molar-refractivity contribution >= 4 is 32.9 Å². The predicted molar refractivity (Wildman–Crippen MR) is 105 cm³/mol. The molecule has 1 atom stereocenters. The molecule has 0 saturated carbocycles. The van der Waals surface area contributed by atoms with Crippen LogP contribution >= 0.6 is 22.7 Å². The van der Waals surface area contributed by atoms with Crippen LogP contribution in [0.15, 0.2) is 41.1 Å². The lowest BCUT2D eigenvalue weighted by atomic mass is 10.1. The Bertz CT molecular complexity index is 769. The zero-order valence-corrected chi connectivity index (χ0v) is 15.8. The molecule has 1 fully saturated rings. The summed E-state index contributed by atoms with van der Waals surface area (Å²) in [6, 6.07) is 11.0. The monoisotopic (exact) mass is 373 g/mol. The quantitative estimate of drug-likeness (QED) is 0.719. The molecule has 0 aliphatic carbocycles. The molecule has 4 rings (SSSR count). The highest BCUT2D eigenvalue weighted by Crippen LogP contribution is 2.24. The van der Waals surface area contributed by atoms with Gasteiger partial charge in [0, 0.05) is 38.8 Å². The number of para-hydroxylation sites is 1. The number of hydrogen-bond donors (Lipinski definition) is 1. The summed E-state index contributed by atoms with van der Waals surface area (Å²) in [4.78, 5) is 9.78. The summed E-state index contributed by atoms with van der Waals surface area (Å²) in [7, 11) is 0. The van der Waals surface area contributed by atoms with E-state index in [1.54, 1.807) is 22.7 Å². The Morgan fingerprint density at radius 1 is 1.16 bits per heavy atom. The number of rotatable bonds is 6. The summed E-state index contributed by atoms with van der Waals surface area (Å²) in [5.41, 5.74) is 2.48. The lowest BCUT2D eigenvalue weighted by molar-refractivity contribution is 0.0500. The maximum Gasteiger partial charge on any atom is 0.108 e. The molecule has 6 heteroatoms. The van der Waals surface area contributed by atoms with Crippen LogP contribution in [0.1, 0.15) is 17.0 Å². The van der Waals surface area contributed by atoms with E-state index in [0.717, 1.165) is 44.7 Å². The van der Waals surface area contributed by atoms with Gasteiger partial charge in [-0.25, -0.2) is 4.98 Å². The van der Waals surface area contributed by atoms with Crippen LogP contribution in [0.4, 0.5) is 0 Å². The highest BCUT2D eigenvalue weighted by Gasteiger charge is 2.27. The molecular weight excluding hydrogens is 350 g/mol. The molecular formula is C19H23N3OS2. The van der Waals surface area contributed by atoms with Crippen LogP contribution in [-0.2, 0) is 13.1 Å².